The molecule has 1 aliphatic heterocycles. The van der Waals surface area contributed by atoms with Crippen molar-refractivity contribution >= 4 is 11.7 Å². The van der Waals surface area contributed by atoms with Crippen molar-refractivity contribution in [3.05, 3.63) is 60.4 Å². The summed E-state index contributed by atoms with van der Waals surface area (Å²) < 4.78 is 28.2. The molecule has 0 spiro atoms. The molecule has 0 saturated carbocycles. The van der Waals surface area contributed by atoms with Crippen molar-refractivity contribution in [1.82, 2.24) is 30.0 Å². The Morgan fingerprint density at radius 2 is 1.90 bits per heavy atom. The van der Waals surface area contributed by atoms with E-state index in [1.165, 1.54) is 24.8 Å². The van der Waals surface area contributed by atoms with Crippen LogP contribution in [0.4, 0.5) is 14.6 Å². The average molecular weight is 399 g/mol. The Morgan fingerprint density at radius 1 is 1.10 bits per heavy atom. The maximum Gasteiger partial charge on any atom is 0.223 e. The van der Waals surface area contributed by atoms with E-state index in [0.717, 1.165) is 11.9 Å². The molecule has 1 N–H and O–H groups in total. The van der Waals surface area contributed by atoms with E-state index < -0.39 is 11.6 Å². The van der Waals surface area contributed by atoms with E-state index in [9.17, 15) is 13.6 Å². The molecule has 1 aromatic carbocycles. The van der Waals surface area contributed by atoms with Gasteiger partial charge in [-0.3, -0.25) is 4.79 Å². The molecule has 29 heavy (non-hydrogen) atoms. The molecule has 1 amide bonds. The van der Waals surface area contributed by atoms with Crippen molar-refractivity contribution in [2.75, 3.05) is 18.0 Å². The van der Waals surface area contributed by atoms with Gasteiger partial charge in [0.15, 0.2) is 5.82 Å². The van der Waals surface area contributed by atoms with Gasteiger partial charge in [-0.15, -0.1) is 0 Å². The molecule has 0 bridgehead atoms. The van der Waals surface area contributed by atoms with E-state index in [2.05, 4.69) is 30.3 Å². The molecule has 2 aromatic heterocycles. The summed E-state index contributed by atoms with van der Waals surface area (Å²) in [6, 6.07) is 5.16. The van der Waals surface area contributed by atoms with Gasteiger partial charge in [0.25, 0.3) is 0 Å². The monoisotopic (exact) mass is 399 g/mol. The third-order valence-electron chi connectivity index (χ3n) is 4.95. The van der Waals surface area contributed by atoms with Crippen molar-refractivity contribution in [2.24, 2.45) is 5.92 Å². The number of aromatic nitrogens is 5. The van der Waals surface area contributed by atoms with E-state index in [1.807, 2.05) is 6.07 Å². The minimum absolute atomic E-state index is 0.0400. The molecule has 1 aliphatic rings. The van der Waals surface area contributed by atoms with E-state index in [0.29, 0.717) is 31.7 Å². The summed E-state index contributed by atoms with van der Waals surface area (Å²) in [4.78, 5) is 26.9. The van der Waals surface area contributed by atoms with Crippen LogP contribution in [-0.2, 0) is 11.3 Å². The van der Waals surface area contributed by atoms with Crippen molar-refractivity contribution in [3.8, 4) is 5.82 Å². The molecule has 3 aromatic rings. The number of benzene rings is 1. The first kappa shape index (κ1) is 18.9. The second-order valence-electron chi connectivity index (χ2n) is 6.79. The molecule has 4 rings (SSSR count). The fraction of sp³-hybridized carbons (Fsp3) is 0.316. The highest BCUT2D eigenvalue weighted by Gasteiger charge is 2.26. The van der Waals surface area contributed by atoms with Gasteiger partial charge in [-0.2, -0.15) is 5.10 Å². The van der Waals surface area contributed by atoms with E-state index in [4.69, 9.17) is 0 Å². The van der Waals surface area contributed by atoms with Gasteiger partial charge in [0.2, 0.25) is 5.91 Å². The normalized spacial score (nSPS) is 14.8. The lowest BCUT2D eigenvalue weighted by atomic mass is 9.96. The largest absolute Gasteiger partial charge is 0.356 e. The summed E-state index contributed by atoms with van der Waals surface area (Å²) in [5, 5.41) is 6.81. The van der Waals surface area contributed by atoms with Crippen LogP contribution in [0.2, 0.25) is 0 Å². The summed E-state index contributed by atoms with van der Waals surface area (Å²) in [6.07, 6.45) is 5.78. The first-order chi connectivity index (χ1) is 14.1. The molecule has 0 aliphatic carbocycles. The standard InChI is InChI=1S/C19H19F2N7O/c20-15-2-1-14(16(21)7-15)9-23-19(29)13-3-5-27(6-4-13)17-8-18(25-11-24-17)28-12-22-10-26-28/h1-2,7-8,10-13H,3-6,9H2,(H,23,29). The summed E-state index contributed by atoms with van der Waals surface area (Å²) in [5.74, 6) is -0.203. The highest BCUT2D eigenvalue weighted by molar-refractivity contribution is 5.79. The third kappa shape index (κ3) is 4.36. The Kier molecular flexibility index (Phi) is 5.41. The number of anilines is 1. The molecule has 1 fully saturated rings. The fourth-order valence-electron chi connectivity index (χ4n) is 3.32. The van der Waals surface area contributed by atoms with Crippen molar-refractivity contribution in [3.63, 3.8) is 0 Å². The van der Waals surface area contributed by atoms with Crippen LogP contribution in [0.15, 0.2) is 43.2 Å². The first-order valence-electron chi connectivity index (χ1n) is 9.24. The summed E-state index contributed by atoms with van der Waals surface area (Å²) >= 11 is 0. The summed E-state index contributed by atoms with van der Waals surface area (Å²) in [6.45, 7) is 1.37. The van der Waals surface area contributed by atoms with Gasteiger partial charge >= 0.3 is 0 Å². The van der Waals surface area contributed by atoms with Crippen LogP contribution in [0.3, 0.4) is 0 Å². The van der Waals surface area contributed by atoms with Crippen LogP contribution < -0.4 is 10.2 Å². The highest BCUT2D eigenvalue weighted by Crippen LogP contribution is 2.23. The number of amides is 1. The van der Waals surface area contributed by atoms with Crippen LogP contribution in [0.25, 0.3) is 5.82 Å². The molecular weight excluding hydrogens is 380 g/mol. The van der Waals surface area contributed by atoms with Gasteiger partial charge in [0.05, 0.1) is 0 Å². The lowest BCUT2D eigenvalue weighted by molar-refractivity contribution is -0.125. The van der Waals surface area contributed by atoms with E-state index in [-0.39, 0.29) is 23.9 Å². The molecule has 0 unspecified atom stereocenters. The number of hydrogen-bond donors (Lipinski definition) is 1. The quantitative estimate of drug-likeness (QED) is 0.705. The first-order valence-corrected chi connectivity index (χ1v) is 9.24. The van der Waals surface area contributed by atoms with Crippen LogP contribution in [0, 0.1) is 17.6 Å². The Balaban J connectivity index is 1.32. The molecule has 0 atom stereocenters. The van der Waals surface area contributed by atoms with E-state index >= 15 is 0 Å². The van der Waals surface area contributed by atoms with E-state index in [1.54, 1.807) is 11.0 Å². The van der Waals surface area contributed by atoms with Gasteiger partial charge in [0.1, 0.15) is 36.4 Å². The number of rotatable bonds is 5. The zero-order valence-electron chi connectivity index (χ0n) is 15.5. The fourth-order valence-corrected chi connectivity index (χ4v) is 3.32. The number of carbonyl (C=O) groups excluding carboxylic acids is 1. The smallest absolute Gasteiger partial charge is 0.223 e. The Labute approximate surface area is 165 Å². The number of nitrogens with zero attached hydrogens (tertiary/aromatic N) is 6. The molecule has 0 radical (unpaired) electrons. The van der Waals surface area contributed by atoms with Crippen molar-refractivity contribution in [1.29, 1.82) is 0 Å². The Hall–Kier alpha value is -3.43. The second-order valence-corrected chi connectivity index (χ2v) is 6.79. The molecule has 150 valence electrons. The SMILES string of the molecule is O=C(NCc1ccc(F)cc1F)C1CCN(c2cc(-n3cncn3)ncn2)CC1. The predicted octanol–water partition coefficient (Wildman–Crippen LogP) is 1.87. The average Bonchev–Trinajstić information content (AvgIpc) is 3.28. The lowest BCUT2D eigenvalue weighted by Gasteiger charge is -2.32. The minimum Gasteiger partial charge on any atom is -0.356 e. The second kappa shape index (κ2) is 8.29. The zero-order chi connectivity index (χ0) is 20.2. The number of halogens is 2. The predicted molar refractivity (Wildman–Crippen MR) is 100 cm³/mol. The lowest BCUT2D eigenvalue weighted by Crippen LogP contribution is -2.40. The molecule has 1 saturated heterocycles. The molecular formula is C19H19F2N7O. The topological polar surface area (TPSA) is 88.8 Å². The van der Waals surface area contributed by atoms with Gasteiger partial charge in [-0.05, 0) is 18.9 Å². The van der Waals surface area contributed by atoms with Crippen LogP contribution in [-0.4, -0.2) is 43.7 Å². The van der Waals surface area contributed by atoms with Gasteiger partial charge in [-0.1, -0.05) is 6.07 Å². The summed E-state index contributed by atoms with van der Waals surface area (Å²) in [7, 11) is 0. The molecule has 3 heterocycles. The van der Waals surface area contributed by atoms with Crippen LogP contribution in [0.1, 0.15) is 18.4 Å². The maximum atomic E-state index is 13.7. The van der Waals surface area contributed by atoms with Crippen molar-refractivity contribution < 1.29 is 13.6 Å². The highest BCUT2D eigenvalue weighted by atomic mass is 19.1. The minimum atomic E-state index is -0.660. The number of piperidine rings is 1. The molecule has 10 heteroatoms. The van der Waals surface area contributed by atoms with Gasteiger partial charge in [0, 0.05) is 43.2 Å². The number of hydrogen-bond acceptors (Lipinski definition) is 6. The van der Waals surface area contributed by atoms with Crippen molar-refractivity contribution in [2.45, 2.75) is 19.4 Å². The maximum absolute atomic E-state index is 13.7. The van der Waals surface area contributed by atoms with Gasteiger partial charge < -0.3 is 10.2 Å². The van der Waals surface area contributed by atoms with Gasteiger partial charge in [-0.25, -0.2) is 28.4 Å². The Morgan fingerprint density at radius 3 is 2.62 bits per heavy atom. The molecule has 8 nitrogen and oxygen atoms in total. The third-order valence-corrected chi connectivity index (χ3v) is 4.95. The summed E-state index contributed by atoms with van der Waals surface area (Å²) in [5.41, 5.74) is 0.263. The Bertz CT molecular complexity index is 988. The van der Waals surface area contributed by atoms with Crippen LogP contribution >= 0.6 is 0 Å². The number of carbonyl (C=O) groups is 1. The number of nitrogens with one attached hydrogen (secondary N) is 1. The zero-order valence-corrected chi connectivity index (χ0v) is 15.5. The van der Waals surface area contributed by atoms with Crippen LogP contribution in [0.5, 0.6) is 0 Å².